The van der Waals surface area contributed by atoms with E-state index in [4.69, 9.17) is 11.5 Å². The molecule has 0 bridgehead atoms. The molecule has 0 aliphatic carbocycles. The van der Waals surface area contributed by atoms with Crippen LogP contribution in [-0.4, -0.2) is 30.4 Å². The lowest BCUT2D eigenvalue weighted by atomic mass is 10.0. The molecule has 1 aromatic rings. The van der Waals surface area contributed by atoms with Crippen LogP contribution < -0.4 is 11.5 Å². The van der Waals surface area contributed by atoms with Gasteiger partial charge in [-0.2, -0.15) is 0 Å². The van der Waals surface area contributed by atoms with Crippen LogP contribution in [-0.2, 0) is 4.79 Å². The minimum absolute atomic E-state index is 0.154. The van der Waals surface area contributed by atoms with Crippen LogP contribution in [0.1, 0.15) is 31.9 Å². The molecule has 0 aliphatic rings. The molecule has 1 amide bonds. The van der Waals surface area contributed by atoms with E-state index >= 15 is 0 Å². The summed E-state index contributed by atoms with van der Waals surface area (Å²) in [6.07, 6.45) is 0.823. The average Bonchev–Trinajstić information content (AvgIpc) is 2.35. The maximum absolute atomic E-state index is 11.3. The average molecular weight is 263 g/mol. The number of amides is 1. The Morgan fingerprint density at radius 3 is 2.37 bits per heavy atom. The molecule has 0 spiro atoms. The number of benzene rings is 1. The van der Waals surface area contributed by atoms with Gasteiger partial charge in [-0.25, -0.2) is 0 Å². The van der Waals surface area contributed by atoms with E-state index in [1.54, 1.807) is 0 Å². The standard InChI is InChI=1S/C15H25N3O/c1-12(2)10-18(11-15(17)19)14(8-9-16)13-6-4-3-5-7-13/h3-7,12,14H,8-11,16H2,1-2H3,(H2,17,19). The Morgan fingerprint density at radius 1 is 1.26 bits per heavy atom. The van der Waals surface area contributed by atoms with Gasteiger partial charge in [0.25, 0.3) is 0 Å². The third-order valence-electron chi connectivity index (χ3n) is 3.02. The minimum atomic E-state index is -0.293. The van der Waals surface area contributed by atoms with Crippen LogP contribution >= 0.6 is 0 Å². The molecule has 4 nitrogen and oxygen atoms in total. The normalized spacial score (nSPS) is 12.9. The molecule has 0 heterocycles. The van der Waals surface area contributed by atoms with Crippen molar-refractivity contribution in [2.75, 3.05) is 19.6 Å². The molecule has 4 heteroatoms. The quantitative estimate of drug-likeness (QED) is 0.747. The highest BCUT2D eigenvalue weighted by molar-refractivity contribution is 5.76. The molecule has 106 valence electrons. The van der Waals surface area contributed by atoms with Gasteiger partial charge < -0.3 is 11.5 Å². The SMILES string of the molecule is CC(C)CN(CC(N)=O)C(CCN)c1ccccc1. The lowest BCUT2D eigenvalue weighted by molar-refractivity contribution is -0.119. The number of primary amides is 1. The van der Waals surface area contributed by atoms with Crippen molar-refractivity contribution in [1.82, 2.24) is 4.90 Å². The maximum Gasteiger partial charge on any atom is 0.231 e. The fraction of sp³-hybridized carbons (Fsp3) is 0.533. The molecule has 0 aliphatic heterocycles. The predicted molar refractivity (Wildman–Crippen MR) is 78.5 cm³/mol. The van der Waals surface area contributed by atoms with Gasteiger partial charge >= 0.3 is 0 Å². The summed E-state index contributed by atoms with van der Waals surface area (Å²) in [7, 11) is 0. The minimum Gasteiger partial charge on any atom is -0.369 e. The van der Waals surface area contributed by atoms with E-state index in [2.05, 4.69) is 30.9 Å². The van der Waals surface area contributed by atoms with Gasteiger partial charge in [-0.3, -0.25) is 9.69 Å². The topological polar surface area (TPSA) is 72.3 Å². The lowest BCUT2D eigenvalue weighted by Crippen LogP contribution is -2.39. The van der Waals surface area contributed by atoms with Gasteiger partial charge in [0, 0.05) is 12.6 Å². The van der Waals surface area contributed by atoms with Gasteiger partial charge in [0.05, 0.1) is 6.54 Å². The summed E-state index contributed by atoms with van der Waals surface area (Å²) >= 11 is 0. The first-order chi connectivity index (χ1) is 9.04. The summed E-state index contributed by atoms with van der Waals surface area (Å²) in [6, 6.07) is 10.3. The fourth-order valence-corrected chi connectivity index (χ4v) is 2.36. The molecule has 19 heavy (non-hydrogen) atoms. The van der Waals surface area contributed by atoms with Gasteiger partial charge in [0.2, 0.25) is 5.91 Å². The Bertz CT molecular complexity index is 378. The lowest BCUT2D eigenvalue weighted by Gasteiger charge is -2.32. The van der Waals surface area contributed by atoms with Gasteiger partial charge in [0.15, 0.2) is 0 Å². The molecule has 0 aromatic heterocycles. The van der Waals surface area contributed by atoms with E-state index in [0.717, 1.165) is 13.0 Å². The van der Waals surface area contributed by atoms with E-state index in [-0.39, 0.29) is 18.5 Å². The van der Waals surface area contributed by atoms with Crippen LogP contribution in [0.4, 0.5) is 0 Å². The third kappa shape index (κ3) is 5.41. The van der Waals surface area contributed by atoms with Crippen LogP contribution in [0.2, 0.25) is 0 Å². The van der Waals surface area contributed by atoms with Crippen LogP contribution in [0.25, 0.3) is 0 Å². The van der Waals surface area contributed by atoms with Crippen molar-refractivity contribution in [3.63, 3.8) is 0 Å². The van der Waals surface area contributed by atoms with Crippen LogP contribution in [0, 0.1) is 5.92 Å². The Balaban J connectivity index is 2.93. The summed E-state index contributed by atoms with van der Waals surface area (Å²) in [5.41, 5.74) is 12.3. The number of carbonyl (C=O) groups is 1. The van der Waals surface area contributed by atoms with Crippen LogP contribution in [0.15, 0.2) is 30.3 Å². The largest absolute Gasteiger partial charge is 0.369 e. The Hall–Kier alpha value is -1.39. The first kappa shape index (κ1) is 15.7. The zero-order valence-corrected chi connectivity index (χ0v) is 11.9. The molecular weight excluding hydrogens is 238 g/mol. The molecule has 0 saturated carbocycles. The van der Waals surface area contributed by atoms with Crippen molar-refractivity contribution in [2.45, 2.75) is 26.3 Å². The van der Waals surface area contributed by atoms with E-state index in [1.807, 2.05) is 18.2 Å². The molecule has 0 fully saturated rings. The smallest absolute Gasteiger partial charge is 0.231 e. The molecule has 1 atom stereocenters. The number of rotatable bonds is 8. The van der Waals surface area contributed by atoms with E-state index in [1.165, 1.54) is 5.56 Å². The van der Waals surface area contributed by atoms with Gasteiger partial charge in [-0.05, 0) is 24.4 Å². The highest BCUT2D eigenvalue weighted by atomic mass is 16.1. The van der Waals surface area contributed by atoms with Gasteiger partial charge in [-0.15, -0.1) is 0 Å². The third-order valence-corrected chi connectivity index (χ3v) is 3.02. The predicted octanol–water partition coefficient (Wildman–Crippen LogP) is 1.52. The van der Waals surface area contributed by atoms with Crippen molar-refractivity contribution in [3.8, 4) is 0 Å². The molecule has 0 saturated heterocycles. The monoisotopic (exact) mass is 263 g/mol. The molecule has 1 aromatic carbocycles. The van der Waals surface area contributed by atoms with E-state index in [0.29, 0.717) is 12.5 Å². The second kappa shape index (κ2) is 7.92. The highest BCUT2D eigenvalue weighted by Crippen LogP contribution is 2.24. The van der Waals surface area contributed by atoms with E-state index in [9.17, 15) is 4.79 Å². The fourth-order valence-electron chi connectivity index (χ4n) is 2.36. The number of hydrogen-bond acceptors (Lipinski definition) is 3. The number of nitrogens with zero attached hydrogens (tertiary/aromatic N) is 1. The molecule has 0 radical (unpaired) electrons. The summed E-state index contributed by atoms with van der Waals surface area (Å²) in [5.74, 6) is 0.182. The van der Waals surface area contributed by atoms with Crippen LogP contribution in [0.3, 0.4) is 0 Å². The second-order valence-electron chi connectivity index (χ2n) is 5.29. The first-order valence-electron chi connectivity index (χ1n) is 6.82. The zero-order valence-electron chi connectivity index (χ0n) is 11.9. The van der Waals surface area contributed by atoms with Crippen molar-refractivity contribution in [1.29, 1.82) is 0 Å². The summed E-state index contributed by atoms with van der Waals surface area (Å²) in [5, 5.41) is 0. The number of carbonyl (C=O) groups excluding carboxylic acids is 1. The van der Waals surface area contributed by atoms with Gasteiger partial charge in [0.1, 0.15) is 0 Å². The highest BCUT2D eigenvalue weighted by Gasteiger charge is 2.21. The summed E-state index contributed by atoms with van der Waals surface area (Å²) in [4.78, 5) is 13.4. The number of nitrogens with two attached hydrogens (primary N) is 2. The zero-order chi connectivity index (χ0) is 14.3. The van der Waals surface area contributed by atoms with E-state index < -0.39 is 0 Å². The molecule has 1 unspecified atom stereocenters. The Kier molecular flexibility index (Phi) is 6.53. The first-order valence-corrected chi connectivity index (χ1v) is 6.82. The van der Waals surface area contributed by atoms with Crippen molar-refractivity contribution < 1.29 is 4.79 Å². The number of hydrogen-bond donors (Lipinski definition) is 2. The summed E-state index contributed by atoms with van der Waals surface area (Å²) < 4.78 is 0. The van der Waals surface area contributed by atoms with Crippen molar-refractivity contribution in [3.05, 3.63) is 35.9 Å². The van der Waals surface area contributed by atoms with Crippen molar-refractivity contribution >= 4 is 5.91 Å². The Labute approximate surface area is 115 Å². The molecule has 1 rings (SSSR count). The van der Waals surface area contributed by atoms with Crippen molar-refractivity contribution in [2.24, 2.45) is 17.4 Å². The molecular formula is C15H25N3O. The Morgan fingerprint density at radius 2 is 1.89 bits per heavy atom. The maximum atomic E-state index is 11.3. The second-order valence-corrected chi connectivity index (χ2v) is 5.29. The van der Waals surface area contributed by atoms with Gasteiger partial charge in [-0.1, -0.05) is 44.2 Å². The summed E-state index contributed by atoms with van der Waals surface area (Å²) in [6.45, 7) is 5.98. The van der Waals surface area contributed by atoms with Crippen LogP contribution in [0.5, 0.6) is 0 Å². The molecule has 4 N–H and O–H groups in total.